The summed E-state index contributed by atoms with van der Waals surface area (Å²) in [6.45, 7) is 0. The second-order valence-corrected chi connectivity index (χ2v) is 7.59. The number of hydrogen-bond donors (Lipinski definition) is 4. The highest BCUT2D eigenvalue weighted by Crippen LogP contribution is 2.43. The van der Waals surface area contributed by atoms with E-state index in [1.165, 1.54) is 0 Å². The average molecular weight is 418 g/mol. The van der Waals surface area contributed by atoms with Gasteiger partial charge in [0.1, 0.15) is 11.5 Å². The van der Waals surface area contributed by atoms with Crippen molar-refractivity contribution in [1.82, 2.24) is 9.97 Å². The van der Waals surface area contributed by atoms with Gasteiger partial charge in [0, 0.05) is 34.2 Å². The molecule has 2 aromatic heterocycles. The van der Waals surface area contributed by atoms with Crippen LogP contribution in [-0.2, 0) is 9.59 Å². The molecule has 1 fully saturated rings. The molecule has 2 atom stereocenters. The van der Waals surface area contributed by atoms with Crippen molar-refractivity contribution in [2.45, 2.75) is 6.42 Å². The van der Waals surface area contributed by atoms with Crippen molar-refractivity contribution >= 4 is 45.0 Å². The number of carbonyl (C=O) groups is 2. The maximum absolute atomic E-state index is 12.9. The standard InChI is InChI=1S/C23H22N4O4/c1-30-18-5-3-16-12(7-9-24-16)20(18)26-22(28)14-11-15(14)23(29)27-21-13-8-10-25-17(13)4-6-19(21)31-2/h3-10,14-15,24-25H,11H2,1-2H3,(H,26,28)(H,27,29). The predicted octanol–water partition coefficient (Wildman–Crippen LogP) is 3.88. The van der Waals surface area contributed by atoms with E-state index in [2.05, 4.69) is 20.6 Å². The third-order valence-corrected chi connectivity index (χ3v) is 5.79. The van der Waals surface area contributed by atoms with Crippen LogP contribution in [0.15, 0.2) is 48.8 Å². The summed E-state index contributed by atoms with van der Waals surface area (Å²) in [6, 6.07) is 11.2. The molecule has 0 aliphatic heterocycles. The number of rotatable bonds is 6. The Morgan fingerprint density at radius 1 is 0.774 bits per heavy atom. The van der Waals surface area contributed by atoms with E-state index in [4.69, 9.17) is 9.47 Å². The van der Waals surface area contributed by atoms with Crippen LogP contribution in [0, 0.1) is 11.8 Å². The molecule has 0 radical (unpaired) electrons. The minimum Gasteiger partial charge on any atom is -0.495 e. The second kappa shape index (κ2) is 7.39. The molecule has 8 heteroatoms. The Labute approximate surface area is 177 Å². The molecule has 2 unspecified atom stereocenters. The van der Waals surface area contributed by atoms with Crippen molar-refractivity contribution in [3.8, 4) is 11.5 Å². The number of fused-ring (bicyclic) bond motifs is 2. The number of nitrogens with one attached hydrogen (secondary N) is 4. The smallest absolute Gasteiger partial charge is 0.228 e. The van der Waals surface area contributed by atoms with Gasteiger partial charge in [-0.15, -0.1) is 0 Å². The first-order valence-electron chi connectivity index (χ1n) is 10.0. The molecule has 0 bridgehead atoms. The Morgan fingerprint density at radius 3 is 1.65 bits per heavy atom. The van der Waals surface area contributed by atoms with E-state index in [-0.39, 0.29) is 11.8 Å². The lowest BCUT2D eigenvalue weighted by Crippen LogP contribution is -2.21. The van der Waals surface area contributed by atoms with E-state index >= 15 is 0 Å². The van der Waals surface area contributed by atoms with Gasteiger partial charge < -0.3 is 30.1 Å². The lowest BCUT2D eigenvalue weighted by molar-refractivity contribution is -0.122. The summed E-state index contributed by atoms with van der Waals surface area (Å²) >= 11 is 0. The van der Waals surface area contributed by atoms with Gasteiger partial charge in [-0.3, -0.25) is 9.59 Å². The SMILES string of the molecule is COc1ccc2[nH]ccc2c1NC(=O)C1CC1C(=O)Nc1c(OC)ccc2[nH]ccc12. The fraction of sp³-hybridized carbons (Fsp3) is 0.217. The zero-order valence-corrected chi connectivity index (χ0v) is 17.1. The lowest BCUT2D eigenvalue weighted by Gasteiger charge is -2.13. The molecule has 0 spiro atoms. The molecule has 4 N–H and O–H groups in total. The monoisotopic (exact) mass is 418 g/mol. The minimum absolute atomic E-state index is 0.195. The second-order valence-electron chi connectivity index (χ2n) is 7.59. The fourth-order valence-electron chi connectivity index (χ4n) is 4.03. The molecule has 0 saturated heterocycles. The molecular weight excluding hydrogens is 396 g/mol. The zero-order chi connectivity index (χ0) is 21.5. The average Bonchev–Trinajstić information content (AvgIpc) is 3.19. The first-order chi connectivity index (χ1) is 15.1. The number of aromatic amines is 2. The van der Waals surface area contributed by atoms with E-state index in [0.29, 0.717) is 29.3 Å². The molecular formula is C23H22N4O4. The number of amides is 2. The van der Waals surface area contributed by atoms with Crippen LogP contribution in [0.25, 0.3) is 21.8 Å². The number of benzene rings is 2. The topological polar surface area (TPSA) is 108 Å². The van der Waals surface area contributed by atoms with Crippen molar-refractivity contribution in [2.75, 3.05) is 24.9 Å². The van der Waals surface area contributed by atoms with Crippen LogP contribution < -0.4 is 20.1 Å². The van der Waals surface area contributed by atoms with Gasteiger partial charge in [0.15, 0.2) is 0 Å². The molecule has 31 heavy (non-hydrogen) atoms. The molecule has 5 rings (SSSR count). The number of methoxy groups -OCH3 is 2. The summed E-state index contributed by atoms with van der Waals surface area (Å²) in [4.78, 5) is 32.0. The first-order valence-corrected chi connectivity index (χ1v) is 10.0. The Morgan fingerprint density at radius 2 is 1.23 bits per heavy atom. The number of H-pyrrole nitrogens is 2. The highest BCUT2D eigenvalue weighted by atomic mass is 16.5. The van der Waals surface area contributed by atoms with Crippen molar-refractivity contribution in [1.29, 1.82) is 0 Å². The van der Waals surface area contributed by atoms with Crippen LogP contribution in [0.3, 0.4) is 0 Å². The normalized spacial score (nSPS) is 17.5. The maximum Gasteiger partial charge on any atom is 0.228 e. The summed E-state index contributed by atoms with van der Waals surface area (Å²) in [7, 11) is 3.12. The van der Waals surface area contributed by atoms with Crippen molar-refractivity contribution in [3.05, 3.63) is 48.8 Å². The summed E-state index contributed by atoms with van der Waals surface area (Å²) < 4.78 is 10.8. The number of aromatic nitrogens is 2. The Hall–Kier alpha value is -3.94. The summed E-state index contributed by atoms with van der Waals surface area (Å²) in [5.74, 6) is -0.0273. The summed E-state index contributed by atoms with van der Waals surface area (Å²) in [5, 5.41) is 7.63. The van der Waals surface area contributed by atoms with Crippen LogP contribution >= 0.6 is 0 Å². The number of ether oxygens (including phenoxy) is 2. The van der Waals surface area contributed by atoms with Gasteiger partial charge in [0.25, 0.3) is 0 Å². The highest BCUT2D eigenvalue weighted by Gasteiger charge is 2.48. The van der Waals surface area contributed by atoms with Gasteiger partial charge in [0.05, 0.1) is 37.4 Å². The third-order valence-electron chi connectivity index (χ3n) is 5.79. The van der Waals surface area contributed by atoms with Gasteiger partial charge in [-0.2, -0.15) is 0 Å². The molecule has 1 saturated carbocycles. The van der Waals surface area contributed by atoms with Gasteiger partial charge in [-0.1, -0.05) is 0 Å². The molecule has 158 valence electrons. The molecule has 2 amide bonds. The number of anilines is 2. The minimum atomic E-state index is -0.393. The van der Waals surface area contributed by atoms with E-state index in [1.54, 1.807) is 26.4 Å². The van der Waals surface area contributed by atoms with Crippen LogP contribution in [0.4, 0.5) is 11.4 Å². The Bertz CT molecular complexity index is 1210. The van der Waals surface area contributed by atoms with Gasteiger partial charge in [0.2, 0.25) is 11.8 Å². The van der Waals surface area contributed by atoms with Crippen molar-refractivity contribution in [2.24, 2.45) is 11.8 Å². The number of carbonyl (C=O) groups excluding carboxylic acids is 2. The molecule has 2 heterocycles. The van der Waals surface area contributed by atoms with Crippen molar-refractivity contribution < 1.29 is 19.1 Å². The predicted molar refractivity (Wildman–Crippen MR) is 119 cm³/mol. The lowest BCUT2D eigenvalue weighted by atomic mass is 10.1. The van der Waals surface area contributed by atoms with Crippen LogP contribution in [0.2, 0.25) is 0 Å². The Kier molecular flexibility index (Phi) is 4.54. The fourth-order valence-corrected chi connectivity index (χ4v) is 4.03. The summed E-state index contributed by atoms with van der Waals surface area (Å²) in [6.07, 6.45) is 4.11. The molecule has 8 nitrogen and oxygen atoms in total. The van der Waals surface area contributed by atoms with Crippen molar-refractivity contribution in [3.63, 3.8) is 0 Å². The molecule has 1 aliphatic carbocycles. The molecule has 4 aromatic rings. The molecule has 1 aliphatic rings. The van der Waals surface area contributed by atoms with E-state index in [1.807, 2.05) is 36.7 Å². The van der Waals surface area contributed by atoms with Crippen LogP contribution in [0.1, 0.15) is 6.42 Å². The van der Waals surface area contributed by atoms with E-state index in [9.17, 15) is 9.59 Å². The Balaban J connectivity index is 1.33. The van der Waals surface area contributed by atoms with Crippen LogP contribution in [-0.4, -0.2) is 36.0 Å². The van der Waals surface area contributed by atoms with Gasteiger partial charge in [-0.05, 0) is 42.8 Å². The highest BCUT2D eigenvalue weighted by molar-refractivity contribution is 6.10. The largest absolute Gasteiger partial charge is 0.495 e. The van der Waals surface area contributed by atoms with Gasteiger partial charge in [-0.25, -0.2) is 0 Å². The maximum atomic E-state index is 12.9. The third kappa shape index (κ3) is 3.26. The summed E-state index contributed by atoms with van der Waals surface area (Å²) in [5.41, 5.74) is 3.01. The van der Waals surface area contributed by atoms with Gasteiger partial charge >= 0.3 is 0 Å². The number of hydrogen-bond acceptors (Lipinski definition) is 4. The first kappa shape index (κ1) is 19.0. The van der Waals surface area contributed by atoms with Crippen LogP contribution in [0.5, 0.6) is 11.5 Å². The van der Waals surface area contributed by atoms with E-state index in [0.717, 1.165) is 21.8 Å². The quantitative estimate of drug-likeness (QED) is 0.381. The molecule has 2 aromatic carbocycles. The van der Waals surface area contributed by atoms with E-state index < -0.39 is 11.8 Å². The zero-order valence-electron chi connectivity index (χ0n) is 17.1.